The van der Waals surface area contributed by atoms with Crippen molar-refractivity contribution in [1.29, 1.82) is 0 Å². The number of aromatic nitrogens is 4. The molecule has 0 saturated heterocycles. The summed E-state index contributed by atoms with van der Waals surface area (Å²) in [6, 6.07) is 14.9. The number of esters is 1. The van der Waals surface area contributed by atoms with E-state index in [-0.39, 0.29) is 24.3 Å². The summed E-state index contributed by atoms with van der Waals surface area (Å²) in [5.74, 6) is -0.650. The summed E-state index contributed by atoms with van der Waals surface area (Å²) in [7, 11) is 0. The number of nitrogens with one attached hydrogen (secondary N) is 1. The average molecular weight is 445 g/mol. The number of benzene rings is 2. The van der Waals surface area contributed by atoms with E-state index in [0.717, 1.165) is 11.3 Å². The zero-order valence-electron chi connectivity index (χ0n) is 17.9. The van der Waals surface area contributed by atoms with E-state index in [1.807, 2.05) is 24.3 Å². The molecule has 0 aliphatic heterocycles. The van der Waals surface area contributed by atoms with Gasteiger partial charge in [0, 0.05) is 43.1 Å². The molecule has 0 radical (unpaired) electrons. The normalized spacial score (nSPS) is 10.6. The summed E-state index contributed by atoms with van der Waals surface area (Å²) in [6.07, 6.45) is 3.18. The van der Waals surface area contributed by atoms with E-state index in [9.17, 15) is 14.0 Å². The Morgan fingerprint density at radius 1 is 1.09 bits per heavy atom. The number of hydrogen-bond acceptors (Lipinski definition) is 7. The highest BCUT2D eigenvalue weighted by molar-refractivity contribution is 5.83. The minimum absolute atomic E-state index is 0.164. The molecule has 2 heterocycles. The first-order chi connectivity index (χ1) is 15.9. The summed E-state index contributed by atoms with van der Waals surface area (Å²) in [5, 5.41) is 7.50. The van der Waals surface area contributed by atoms with Crippen LogP contribution in [-0.4, -0.2) is 31.6 Å². The van der Waals surface area contributed by atoms with E-state index in [1.165, 1.54) is 30.7 Å². The van der Waals surface area contributed by atoms with Gasteiger partial charge in [0.25, 0.3) is 0 Å². The van der Waals surface area contributed by atoms with Crippen molar-refractivity contribution in [3.8, 4) is 22.5 Å². The van der Waals surface area contributed by atoms with Crippen LogP contribution in [0.2, 0.25) is 0 Å². The van der Waals surface area contributed by atoms with Gasteiger partial charge >= 0.3 is 5.97 Å². The van der Waals surface area contributed by atoms with Crippen LogP contribution in [0.1, 0.15) is 24.2 Å². The fourth-order valence-electron chi connectivity index (χ4n) is 3.17. The maximum Gasteiger partial charge on any atom is 0.302 e. The van der Waals surface area contributed by atoms with E-state index in [4.69, 9.17) is 4.74 Å². The number of halogens is 1. The molecule has 0 aliphatic rings. The zero-order chi connectivity index (χ0) is 23.4. The number of nitrogens with zero attached hydrogens (tertiary/aromatic N) is 4. The van der Waals surface area contributed by atoms with E-state index in [1.54, 1.807) is 30.6 Å². The van der Waals surface area contributed by atoms with Crippen molar-refractivity contribution in [1.82, 2.24) is 19.7 Å². The average Bonchev–Trinajstić information content (AvgIpc) is 3.25. The molecular formula is C24H20FN5O3. The highest BCUT2D eigenvalue weighted by Crippen LogP contribution is 2.30. The van der Waals surface area contributed by atoms with Crippen LogP contribution in [0, 0.1) is 5.82 Å². The van der Waals surface area contributed by atoms with Crippen LogP contribution < -0.4 is 5.32 Å². The third-order valence-corrected chi connectivity index (χ3v) is 4.71. The molecule has 2 aromatic carbocycles. The quantitative estimate of drug-likeness (QED) is 0.433. The Bertz CT molecular complexity index is 1320. The minimum atomic E-state index is -0.365. The molecule has 0 amide bonds. The largest absolute Gasteiger partial charge is 0.461 e. The van der Waals surface area contributed by atoms with E-state index >= 15 is 0 Å². The van der Waals surface area contributed by atoms with E-state index < -0.39 is 0 Å². The first kappa shape index (κ1) is 21.8. The topological polar surface area (TPSA) is 99.0 Å². The highest BCUT2D eigenvalue weighted by Gasteiger charge is 2.17. The van der Waals surface area contributed by atoms with Crippen LogP contribution in [0.3, 0.4) is 0 Å². The molecule has 0 bridgehead atoms. The molecule has 0 unspecified atom stereocenters. The van der Waals surface area contributed by atoms with Gasteiger partial charge in [0.2, 0.25) is 11.9 Å². The van der Waals surface area contributed by atoms with Crippen molar-refractivity contribution in [3.63, 3.8) is 0 Å². The molecule has 9 heteroatoms. The lowest BCUT2D eigenvalue weighted by Gasteiger charge is -2.09. The lowest BCUT2D eigenvalue weighted by molar-refractivity contribution is -0.142. The predicted octanol–water partition coefficient (Wildman–Crippen LogP) is 4.61. The van der Waals surface area contributed by atoms with Crippen LogP contribution in [0.5, 0.6) is 0 Å². The van der Waals surface area contributed by atoms with Gasteiger partial charge in [-0.1, -0.05) is 12.1 Å². The van der Waals surface area contributed by atoms with Gasteiger partial charge in [0.1, 0.15) is 18.1 Å². The Morgan fingerprint density at radius 2 is 1.88 bits per heavy atom. The molecule has 0 aliphatic carbocycles. The highest BCUT2D eigenvalue weighted by atomic mass is 19.1. The number of carbonyl (C=O) groups is 2. The van der Waals surface area contributed by atoms with Gasteiger partial charge in [-0.05, 0) is 48.0 Å². The Balaban J connectivity index is 1.66. The molecule has 8 nitrogen and oxygen atoms in total. The van der Waals surface area contributed by atoms with Crippen LogP contribution in [0.15, 0.2) is 67.0 Å². The molecule has 4 rings (SSSR count). The van der Waals surface area contributed by atoms with Crippen molar-refractivity contribution >= 4 is 23.5 Å². The van der Waals surface area contributed by atoms with Crippen molar-refractivity contribution in [3.05, 3.63) is 78.4 Å². The lowest BCUT2D eigenvalue weighted by atomic mass is 10.1. The Hall–Kier alpha value is -4.40. The molecule has 0 saturated carbocycles. The molecule has 4 aromatic rings. The zero-order valence-corrected chi connectivity index (χ0v) is 17.9. The van der Waals surface area contributed by atoms with Gasteiger partial charge < -0.3 is 10.1 Å². The first-order valence-corrected chi connectivity index (χ1v) is 10.1. The third kappa shape index (κ3) is 5.27. The summed E-state index contributed by atoms with van der Waals surface area (Å²) < 4.78 is 19.7. The second-order valence-corrected chi connectivity index (χ2v) is 7.23. The number of hydrogen-bond donors (Lipinski definition) is 1. The Morgan fingerprint density at radius 3 is 2.61 bits per heavy atom. The maximum absolute atomic E-state index is 13.4. The second kappa shape index (κ2) is 9.39. The van der Waals surface area contributed by atoms with E-state index in [2.05, 4.69) is 20.4 Å². The van der Waals surface area contributed by atoms with Crippen LogP contribution >= 0.6 is 0 Å². The van der Waals surface area contributed by atoms with Crippen LogP contribution in [0.25, 0.3) is 22.5 Å². The smallest absolute Gasteiger partial charge is 0.302 e. The van der Waals surface area contributed by atoms with Gasteiger partial charge in [0.15, 0.2) is 0 Å². The van der Waals surface area contributed by atoms with Crippen molar-refractivity contribution in [2.75, 3.05) is 5.32 Å². The predicted molar refractivity (Wildman–Crippen MR) is 120 cm³/mol. The minimum Gasteiger partial charge on any atom is -0.461 e. The van der Waals surface area contributed by atoms with Gasteiger partial charge in [-0.3, -0.25) is 9.59 Å². The molecule has 0 atom stereocenters. The van der Waals surface area contributed by atoms with Crippen molar-refractivity contribution < 1.29 is 18.7 Å². The molecule has 0 fully saturated rings. The standard InChI is InChI=1S/C24H20FN5O3/c1-15(31)30-13-21(23(29-30)18-6-8-19(25)9-7-18)22-10-11-26-24(28-22)27-20-5-3-4-17(12-20)14-33-16(2)32/h3-13H,14H2,1-2H3,(H,26,27,28). The second-order valence-electron chi connectivity index (χ2n) is 7.23. The fraction of sp³-hybridized carbons (Fsp3) is 0.125. The number of rotatable bonds is 6. The molecule has 166 valence electrons. The van der Waals surface area contributed by atoms with Gasteiger partial charge in [-0.2, -0.15) is 5.10 Å². The summed E-state index contributed by atoms with van der Waals surface area (Å²) in [5.41, 5.74) is 3.82. The van der Waals surface area contributed by atoms with Crippen LogP contribution in [-0.2, 0) is 16.1 Å². The summed E-state index contributed by atoms with van der Waals surface area (Å²) >= 11 is 0. The van der Waals surface area contributed by atoms with Crippen molar-refractivity contribution in [2.45, 2.75) is 20.5 Å². The third-order valence-electron chi connectivity index (χ3n) is 4.71. The maximum atomic E-state index is 13.4. The molecule has 0 spiro atoms. The first-order valence-electron chi connectivity index (χ1n) is 10.1. The summed E-state index contributed by atoms with van der Waals surface area (Å²) in [6.45, 7) is 2.92. The number of anilines is 2. The molecule has 2 aromatic heterocycles. The lowest BCUT2D eigenvalue weighted by Crippen LogP contribution is -2.05. The SMILES string of the molecule is CC(=O)OCc1cccc(Nc2nccc(-c3cn(C(C)=O)nc3-c3ccc(F)cc3)n2)c1. The molecule has 33 heavy (non-hydrogen) atoms. The van der Waals surface area contributed by atoms with Gasteiger partial charge in [-0.25, -0.2) is 19.0 Å². The molecule has 1 N–H and O–H groups in total. The Labute approximate surface area is 189 Å². The summed E-state index contributed by atoms with van der Waals surface area (Å²) in [4.78, 5) is 31.8. The van der Waals surface area contributed by atoms with E-state index in [0.29, 0.717) is 28.5 Å². The Kier molecular flexibility index (Phi) is 6.21. The van der Waals surface area contributed by atoms with Crippen molar-refractivity contribution in [2.24, 2.45) is 0 Å². The fourth-order valence-corrected chi connectivity index (χ4v) is 3.17. The van der Waals surface area contributed by atoms with Crippen LogP contribution in [0.4, 0.5) is 16.0 Å². The monoisotopic (exact) mass is 445 g/mol. The molecular weight excluding hydrogens is 425 g/mol. The number of ether oxygens (including phenoxy) is 1. The van der Waals surface area contributed by atoms with Gasteiger partial charge in [0.05, 0.1) is 5.69 Å². The van der Waals surface area contributed by atoms with Gasteiger partial charge in [-0.15, -0.1) is 0 Å². The number of carbonyl (C=O) groups excluding carboxylic acids is 2.